The lowest BCUT2D eigenvalue weighted by Crippen LogP contribution is -2.39. The number of anilines is 1. The van der Waals surface area contributed by atoms with Crippen molar-refractivity contribution in [2.75, 3.05) is 11.9 Å². The lowest BCUT2D eigenvalue weighted by Gasteiger charge is -2.23. The molecule has 0 amide bonds. The van der Waals surface area contributed by atoms with Gasteiger partial charge in [-0.15, -0.1) is 0 Å². The molecule has 0 bridgehead atoms. The molecule has 0 aliphatic rings. The molecule has 17 heavy (non-hydrogen) atoms. The minimum atomic E-state index is -0.185. The summed E-state index contributed by atoms with van der Waals surface area (Å²) >= 11 is 0. The van der Waals surface area contributed by atoms with Crippen LogP contribution in [0.4, 0.5) is 5.69 Å². The highest BCUT2D eigenvalue weighted by Crippen LogP contribution is 2.26. The van der Waals surface area contributed by atoms with Crippen molar-refractivity contribution in [3.63, 3.8) is 0 Å². The van der Waals surface area contributed by atoms with Gasteiger partial charge in [-0.05, 0) is 43.4 Å². The van der Waals surface area contributed by atoms with Crippen molar-refractivity contribution < 1.29 is 0 Å². The number of nitrogens with two attached hydrogens (primary N) is 1. The van der Waals surface area contributed by atoms with Crippen LogP contribution in [0.5, 0.6) is 0 Å². The molecule has 1 aromatic rings. The van der Waals surface area contributed by atoms with E-state index in [-0.39, 0.29) is 11.0 Å². The summed E-state index contributed by atoms with van der Waals surface area (Å²) in [4.78, 5) is 0. The maximum Gasteiger partial charge on any atom is 0.0370 e. The lowest BCUT2D eigenvalue weighted by molar-refractivity contribution is 0.549. The maximum atomic E-state index is 5.97. The molecule has 1 rings (SSSR count). The van der Waals surface area contributed by atoms with Gasteiger partial charge < -0.3 is 11.1 Å². The molecule has 1 aromatic carbocycles. The molecule has 3 N–H and O–H groups in total. The van der Waals surface area contributed by atoms with Crippen LogP contribution in [0.15, 0.2) is 18.2 Å². The number of aryl methyl sites for hydroxylation is 1. The topological polar surface area (TPSA) is 38.0 Å². The summed E-state index contributed by atoms with van der Waals surface area (Å²) in [6.07, 6.45) is 0. The van der Waals surface area contributed by atoms with Crippen LogP contribution in [0.2, 0.25) is 0 Å². The smallest absolute Gasteiger partial charge is 0.0370 e. The Morgan fingerprint density at radius 3 is 2.12 bits per heavy atom. The Balaban J connectivity index is 2.84. The van der Waals surface area contributed by atoms with Gasteiger partial charge in [0.2, 0.25) is 0 Å². The standard InChI is InChI=1S/C15H26N2/c1-11-9-12(14(2,3)4)7-8-13(11)17-10-15(5,6)16/h7-9,17H,10,16H2,1-6H3. The zero-order chi connectivity index (χ0) is 13.3. The second-order valence-electron chi connectivity index (χ2n) is 6.62. The largest absolute Gasteiger partial charge is 0.383 e. The summed E-state index contributed by atoms with van der Waals surface area (Å²) in [5.41, 5.74) is 9.81. The van der Waals surface area contributed by atoms with E-state index in [4.69, 9.17) is 5.73 Å². The summed E-state index contributed by atoms with van der Waals surface area (Å²) in [6.45, 7) is 13.7. The Morgan fingerprint density at radius 1 is 1.12 bits per heavy atom. The van der Waals surface area contributed by atoms with E-state index < -0.39 is 0 Å². The van der Waals surface area contributed by atoms with Gasteiger partial charge in [0.15, 0.2) is 0 Å². The number of benzene rings is 1. The molecule has 0 saturated heterocycles. The Kier molecular flexibility index (Phi) is 3.88. The monoisotopic (exact) mass is 234 g/mol. The van der Waals surface area contributed by atoms with Gasteiger partial charge in [-0.2, -0.15) is 0 Å². The van der Waals surface area contributed by atoms with Crippen LogP contribution >= 0.6 is 0 Å². The van der Waals surface area contributed by atoms with Crippen molar-refractivity contribution in [1.29, 1.82) is 0 Å². The van der Waals surface area contributed by atoms with Crippen molar-refractivity contribution in [1.82, 2.24) is 0 Å². The molecule has 0 heterocycles. The van der Waals surface area contributed by atoms with Crippen molar-refractivity contribution in [3.05, 3.63) is 29.3 Å². The van der Waals surface area contributed by atoms with Gasteiger partial charge in [0.1, 0.15) is 0 Å². The van der Waals surface area contributed by atoms with Gasteiger partial charge in [-0.1, -0.05) is 32.9 Å². The van der Waals surface area contributed by atoms with E-state index in [0.29, 0.717) is 0 Å². The van der Waals surface area contributed by atoms with Crippen LogP contribution in [0.3, 0.4) is 0 Å². The molecular formula is C15H26N2. The third-order valence-electron chi connectivity index (χ3n) is 2.83. The maximum absolute atomic E-state index is 5.97. The van der Waals surface area contributed by atoms with Gasteiger partial charge in [-0.3, -0.25) is 0 Å². The molecule has 0 spiro atoms. The second-order valence-corrected chi connectivity index (χ2v) is 6.62. The molecule has 0 radical (unpaired) electrons. The van der Waals surface area contributed by atoms with Gasteiger partial charge in [0, 0.05) is 17.8 Å². The van der Waals surface area contributed by atoms with E-state index in [1.54, 1.807) is 0 Å². The van der Waals surface area contributed by atoms with Crippen LogP contribution in [0.25, 0.3) is 0 Å². The van der Waals surface area contributed by atoms with Gasteiger partial charge >= 0.3 is 0 Å². The second kappa shape index (κ2) is 4.69. The summed E-state index contributed by atoms with van der Waals surface area (Å²) < 4.78 is 0. The van der Waals surface area contributed by atoms with Crippen molar-refractivity contribution >= 4 is 5.69 Å². The first-order chi connectivity index (χ1) is 7.59. The average molecular weight is 234 g/mol. The Hall–Kier alpha value is -1.02. The summed E-state index contributed by atoms with van der Waals surface area (Å²) in [5, 5.41) is 3.41. The Bertz CT molecular complexity index is 381. The van der Waals surface area contributed by atoms with E-state index >= 15 is 0 Å². The van der Waals surface area contributed by atoms with E-state index in [2.05, 4.69) is 51.2 Å². The molecule has 0 atom stereocenters. The highest BCUT2D eigenvalue weighted by Gasteiger charge is 2.15. The van der Waals surface area contributed by atoms with Crippen molar-refractivity contribution in [2.24, 2.45) is 5.73 Å². The van der Waals surface area contributed by atoms with E-state index in [0.717, 1.165) is 6.54 Å². The molecule has 0 aromatic heterocycles. The van der Waals surface area contributed by atoms with Crippen LogP contribution in [-0.4, -0.2) is 12.1 Å². The van der Waals surface area contributed by atoms with Crippen LogP contribution in [0.1, 0.15) is 45.7 Å². The van der Waals surface area contributed by atoms with E-state index in [1.165, 1.54) is 16.8 Å². The number of nitrogens with one attached hydrogen (secondary N) is 1. The minimum Gasteiger partial charge on any atom is -0.383 e. The molecule has 0 aliphatic heterocycles. The molecule has 0 aliphatic carbocycles. The quantitative estimate of drug-likeness (QED) is 0.840. The molecule has 0 unspecified atom stereocenters. The molecule has 96 valence electrons. The molecule has 0 fully saturated rings. The van der Waals surface area contributed by atoms with Gasteiger partial charge in [0.05, 0.1) is 0 Å². The van der Waals surface area contributed by atoms with Crippen molar-refractivity contribution in [2.45, 2.75) is 52.5 Å². The first-order valence-electron chi connectivity index (χ1n) is 6.23. The minimum absolute atomic E-state index is 0.185. The fourth-order valence-electron chi connectivity index (χ4n) is 1.65. The normalized spacial score (nSPS) is 12.6. The summed E-state index contributed by atoms with van der Waals surface area (Å²) in [6, 6.07) is 6.60. The molecule has 2 heteroatoms. The predicted octanol–water partition coefficient (Wildman–Crippen LogP) is 3.44. The fraction of sp³-hybridized carbons (Fsp3) is 0.600. The summed E-state index contributed by atoms with van der Waals surface area (Å²) in [5.74, 6) is 0. The number of rotatable bonds is 3. The Morgan fingerprint density at radius 2 is 1.71 bits per heavy atom. The van der Waals surface area contributed by atoms with Crippen LogP contribution in [-0.2, 0) is 5.41 Å². The Labute approximate surface area is 106 Å². The third-order valence-corrected chi connectivity index (χ3v) is 2.83. The molecule has 2 nitrogen and oxygen atoms in total. The number of hydrogen-bond donors (Lipinski definition) is 2. The zero-order valence-corrected chi connectivity index (χ0v) is 12.0. The van der Waals surface area contributed by atoms with Gasteiger partial charge in [0.25, 0.3) is 0 Å². The number of hydrogen-bond acceptors (Lipinski definition) is 2. The fourth-order valence-corrected chi connectivity index (χ4v) is 1.65. The first-order valence-corrected chi connectivity index (χ1v) is 6.23. The van der Waals surface area contributed by atoms with Crippen LogP contribution in [0, 0.1) is 6.92 Å². The third kappa shape index (κ3) is 4.39. The van der Waals surface area contributed by atoms with Crippen molar-refractivity contribution in [3.8, 4) is 0 Å². The SMILES string of the molecule is Cc1cc(C(C)(C)C)ccc1NCC(C)(C)N. The van der Waals surface area contributed by atoms with Crippen LogP contribution < -0.4 is 11.1 Å². The van der Waals surface area contributed by atoms with Gasteiger partial charge in [-0.25, -0.2) is 0 Å². The average Bonchev–Trinajstić information content (AvgIpc) is 2.12. The predicted molar refractivity (Wildman–Crippen MR) is 76.6 cm³/mol. The van der Waals surface area contributed by atoms with E-state index in [1.807, 2.05) is 13.8 Å². The first kappa shape index (κ1) is 14.0. The lowest BCUT2D eigenvalue weighted by atomic mass is 9.86. The highest BCUT2D eigenvalue weighted by atomic mass is 14.9. The molecular weight excluding hydrogens is 208 g/mol. The zero-order valence-electron chi connectivity index (χ0n) is 12.0. The summed E-state index contributed by atoms with van der Waals surface area (Å²) in [7, 11) is 0. The molecule has 0 saturated carbocycles. The highest BCUT2D eigenvalue weighted by molar-refractivity contribution is 5.53. The van der Waals surface area contributed by atoms with E-state index in [9.17, 15) is 0 Å².